The van der Waals surface area contributed by atoms with Crippen LogP contribution in [0.1, 0.15) is 28.8 Å². The van der Waals surface area contributed by atoms with Gasteiger partial charge in [-0.15, -0.1) is 0 Å². The summed E-state index contributed by atoms with van der Waals surface area (Å²) in [5.41, 5.74) is 4.62. The molecule has 0 atom stereocenters. The number of benzene rings is 2. The molecular weight excluding hydrogens is 358 g/mol. The molecule has 2 N–H and O–H groups in total. The van der Waals surface area contributed by atoms with Gasteiger partial charge in [0.05, 0.1) is 0 Å². The summed E-state index contributed by atoms with van der Waals surface area (Å²) in [6.45, 7) is 1.81. The number of hydrogen-bond donors (Lipinski definition) is 2. The smallest absolute Gasteiger partial charge is 0.254 e. The number of aryl methyl sites for hydroxylation is 3. The number of amides is 1. The second kappa shape index (κ2) is 7.19. The first-order valence-electron chi connectivity index (χ1n) is 9.04. The number of aromatic amines is 1. The molecule has 0 spiro atoms. The average Bonchev–Trinajstić information content (AvgIpc) is 3.08. The van der Waals surface area contributed by atoms with E-state index >= 15 is 0 Å². The van der Waals surface area contributed by atoms with Crippen molar-refractivity contribution in [3.63, 3.8) is 0 Å². The topological polar surface area (TPSA) is 74.8 Å². The van der Waals surface area contributed by atoms with Crippen molar-refractivity contribution in [3.05, 3.63) is 63.1 Å². The van der Waals surface area contributed by atoms with Crippen molar-refractivity contribution in [3.8, 4) is 0 Å². The van der Waals surface area contributed by atoms with Crippen LogP contribution in [-0.2, 0) is 24.1 Å². The summed E-state index contributed by atoms with van der Waals surface area (Å²) in [4.78, 5) is 31.8. The number of nitrogens with zero attached hydrogens (tertiary/aromatic N) is 1. The molecule has 0 saturated heterocycles. The zero-order valence-electron chi connectivity index (χ0n) is 15.4. The fourth-order valence-electron chi connectivity index (χ4n) is 3.78. The zero-order chi connectivity index (χ0) is 19.0. The van der Waals surface area contributed by atoms with Crippen LogP contribution in [0.15, 0.2) is 40.3 Å². The molecule has 1 aliphatic carbocycles. The first-order valence-corrected chi connectivity index (χ1v) is 10.3. The SMILES string of the molecule is CSc1nc(C)c(CCC(=O)Nc2ccc3c4c(cccc24)CC3)c(=O)[nH]1. The highest BCUT2D eigenvalue weighted by molar-refractivity contribution is 7.98. The van der Waals surface area contributed by atoms with Gasteiger partial charge in [0.1, 0.15) is 0 Å². The van der Waals surface area contributed by atoms with E-state index in [1.165, 1.54) is 28.3 Å². The minimum absolute atomic E-state index is 0.0959. The van der Waals surface area contributed by atoms with Crippen LogP contribution in [0.25, 0.3) is 10.8 Å². The molecule has 27 heavy (non-hydrogen) atoms. The Balaban J connectivity index is 1.52. The van der Waals surface area contributed by atoms with E-state index in [4.69, 9.17) is 0 Å². The third-order valence-electron chi connectivity index (χ3n) is 5.15. The lowest BCUT2D eigenvalue weighted by atomic mass is 10.0. The maximum Gasteiger partial charge on any atom is 0.254 e. The van der Waals surface area contributed by atoms with Crippen molar-refractivity contribution >= 4 is 34.1 Å². The molecular formula is C21H21N3O2S. The second-order valence-corrected chi connectivity index (χ2v) is 7.59. The Labute approximate surface area is 161 Å². The quantitative estimate of drug-likeness (QED) is 0.524. The van der Waals surface area contributed by atoms with Crippen molar-refractivity contribution in [2.45, 2.75) is 37.8 Å². The summed E-state index contributed by atoms with van der Waals surface area (Å²) in [6.07, 6.45) is 4.60. The van der Waals surface area contributed by atoms with Crippen molar-refractivity contribution < 1.29 is 4.79 Å². The number of aromatic nitrogens is 2. The Hall–Kier alpha value is -2.60. The monoisotopic (exact) mass is 379 g/mol. The van der Waals surface area contributed by atoms with Crippen molar-refractivity contribution in [2.24, 2.45) is 0 Å². The number of rotatable bonds is 5. The van der Waals surface area contributed by atoms with E-state index in [2.05, 4.69) is 33.5 Å². The van der Waals surface area contributed by atoms with E-state index in [1.54, 1.807) is 0 Å². The minimum Gasteiger partial charge on any atom is -0.326 e. The Kier molecular flexibility index (Phi) is 4.74. The van der Waals surface area contributed by atoms with E-state index in [9.17, 15) is 9.59 Å². The molecule has 0 radical (unpaired) electrons. The standard InChI is InChI=1S/C21H21N3O2S/c1-12-15(20(26)24-21(22-12)27-2)9-11-18(25)23-17-10-8-14-7-6-13-4-3-5-16(17)19(13)14/h3-5,8,10H,6-7,9,11H2,1-2H3,(H,23,25)(H,22,24,26). The highest BCUT2D eigenvalue weighted by Crippen LogP contribution is 2.35. The lowest BCUT2D eigenvalue weighted by molar-refractivity contribution is -0.116. The fraction of sp³-hybridized carbons (Fsp3) is 0.286. The van der Waals surface area contributed by atoms with Gasteiger partial charge in [-0.05, 0) is 55.0 Å². The Morgan fingerprint density at radius 3 is 2.74 bits per heavy atom. The number of H-pyrrole nitrogens is 1. The summed E-state index contributed by atoms with van der Waals surface area (Å²) in [5.74, 6) is -0.0959. The zero-order valence-corrected chi connectivity index (χ0v) is 16.2. The predicted octanol–water partition coefficient (Wildman–Crippen LogP) is 3.62. The molecule has 6 heteroatoms. The van der Waals surface area contributed by atoms with Crippen LogP contribution in [0, 0.1) is 6.92 Å². The van der Waals surface area contributed by atoms with Gasteiger partial charge in [-0.1, -0.05) is 36.0 Å². The van der Waals surface area contributed by atoms with Crippen molar-refractivity contribution in [1.82, 2.24) is 9.97 Å². The largest absolute Gasteiger partial charge is 0.326 e. The van der Waals surface area contributed by atoms with Gasteiger partial charge in [0.2, 0.25) is 5.91 Å². The highest BCUT2D eigenvalue weighted by atomic mass is 32.2. The van der Waals surface area contributed by atoms with Gasteiger partial charge >= 0.3 is 0 Å². The average molecular weight is 379 g/mol. The fourth-order valence-corrected chi connectivity index (χ4v) is 4.21. The Morgan fingerprint density at radius 1 is 1.22 bits per heavy atom. The summed E-state index contributed by atoms with van der Waals surface area (Å²) < 4.78 is 0. The maximum atomic E-state index is 12.5. The van der Waals surface area contributed by atoms with E-state index < -0.39 is 0 Å². The van der Waals surface area contributed by atoms with Crippen LogP contribution in [0.5, 0.6) is 0 Å². The summed E-state index contributed by atoms with van der Waals surface area (Å²) in [7, 11) is 0. The molecule has 0 bridgehead atoms. The number of anilines is 1. The van der Waals surface area contributed by atoms with E-state index in [0.29, 0.717) is 22.8 Å². The summed E-state index contributed by atoms with van der Waals surface area (Å²) >= 11 is 1.39. The molecule has 0 aliphatic heterocycles. The lowest BCUT2D eigenvalue weighted by Gasteiger charge is -2.11. The predicted molar refractivity (Wildman–Crippen MR) is 110 cm³/mol. The summed E-state index contributed by atoms with van der Waals surface area (Å²) in [5, 5.41) is 5.99. The van der Waals surface area contributed by atoms with Gasteiger partial charge in [-0.25, -0.2) is 4.98 Å². The molecule has 2 aromatic carbocycles. The normalized spacial score (nSPS) is 12.5. The van der Waals surface area contributed by atoms with Gasteiger partial charge < -0.3 is 10.3 Å². The Morgan fingerprint density at radius 2 is 2.00 bits per heavy atom. The first-order chi connectivity index (χ1) is 13.1. The van der Waals surface area contributed by atoms with E-state index in [0.717, 1.165) is 23.9 Å². The molecule has 1 amide bonds. The van der Waals surface area contributed by atoms with Gasteiger partial charge in [-0.3, -0.25) is 9.59 Å². The van der Waals surface area contributed by atoms with Crippen LogP contribution >= 0.6 is 11.8 Å². The number of nitrogens with one attached hydrogen (secondary N) is 2. The van der Waals surface area contributed by atoms with Crippen molar-refractivity contribution in [2.75, 3.05) is 11.6 Å². The minimum atomic E-state index is -0.162. The number of carbonyl (C=O) groups is 1. The van der Waals surface area contributed by atoms with Crippen LogP contribution in [0.4, 0.5) is 5.69 Å². The van der Waals surface area contributed by atoms with E-state index in [-0.39, 0.29) is 17.9 Å². The molecule has 3 aromatic rings. The van der Waals surface area contributed by atoms with Crippen LogP contribution in [0.3, 0.4) is 0 Å². The molecule has 1 aliphatic rings. The van der Waals surface area contributed by atoms with Crippen molar-refractivity contribution in [1.29, 1.82) is 0 Å². The summed E-state index contributed by atoms with van der Waals surface area (Å²) in [6, 6.07) is 10.4. The maximum absolute atomic E-state index is 12.5. The third-order valence-corrected chi connectivity index (χ3v) is 5.73. The molecule has 0 unspecified atom stereocenters. The van der Waals surface area contributed by atoms with E-state index in [1.807, 2.05) is 25.3 Å². The number of carbonyl (C=O) groups excluding carboxylic acids is 1. The van der Waals surface area contributed by atoms with Gasteiger partial charge in [0, 0.05) is 28.8 Å². The molecule has 1 aromatic heterocycles. The van der Waals surface area contributed by atoms with Gasteiger partial charge in [0.25, 0.3) is 5.56 Å². The molecule has 4 rings (SSSR count). The van der Waals surface area contributed by atoms with Crippen LogP contribution in [-0.4, -0.2) is 22.1 Å². The first kappa shape index (κ1) is 17.8. The molecule has 5 nitrogen and oxygen atoms in total. The Bertz CT molecular complexity index is 1090. The van der Waals surface area contributed by atoms with Gasteiger partial charge in [-0.2, -0.15) is 0 Å². The van der Waals surface area contributed by atoms with Crippen LogP contribution in [0.2, 0.25) is 0 Å². The van der Waals surface area contributed by atoms with Gasteiger partial charge in [0.15, 0.2) is 5.16 Å². The molecule has 0 fully saturated rings. The number of hydrogen-bond acceptors (Lipinski definition) is 4. The second-order valence-electron chi connectivity index (χ2n) is 6.80. The third kappa shape index (κ3) is 3.37. The highest BCUT2D eigenvalue weighted by Gasteiger charge is 2.17. The lowest BCUT2D eigenvalue weighted by Crippen LogP contribution is -2.20. The molecule has 138 valence electrons. The molecule has 1 heterocycles. The van der Waals surface area contributed by atoms with Crippen LogP contribution < -0.4 is 10.9 Å². The number of thioether (sulfide) groups is 1. The molecule has 0 saturated carbocycles.